The van der Waals surface area contributed by atoms with Crippen LogP contribution in [0, 0.1) is 23.1 Å². The number of aliphatic hydroxyl groups excluding tert-OH is 2. The Morgan fingerprint density at radius 3 is 2.48 bits per heavy atom. The second-order valence-corrected chi connectivity index (χ2v) is 13.3. The zero-order chi connectivity index (χ0) is 31.0. The van der Waals surface area contributed by atoms with Crippen molar-refractivity contribution in [2.75, 3.05) is 32.0 Å². The summed E-state index contributed by atoms with van der Waals surface area (Å²) in [7, 11) is 1.87. The van der Waals surface area contributed by atoms with Gasteiger partial charge >= 0.3 is 0 Å². The smallest absolute Gasteiger partial charge is 0.228 e. The van der Waals surface area contributed by atoms with Gasteiger partial charge in [-0.05, 0) is 75.2 Å². The van der Waals surface area contributed by atoms with E-state index >= 15 is 4.39 Å². The Labute approximate surface area is 257 Å². The maximum absolute atomic E-state index is 15.2. The first-order valence-corrected chi connectivity index (χ1v) is 15.9. The molecule has 0 aromatic heterocycles. The lowest BCUT2D eigenvalue weighted by Crippen LogP contribution is -2.50. The van der Waals surface area contributed by atoms with Crippen molar-refractivity contribution in [1.82, 2.24) is 15.1 Å². The van der Waals surface area contributed by atoms with Crippen LogP contribution in [0.2, 0.25) is 0 Å². The van der Waals surface area contributed by atoms with Crippen LogP contribution in [-0.4, -0.2) is 76.6 Å². The van der Waals surface area contributed by atoms with Crippen LogP contribution in [0.15, 0.2) is 36.4 Å². The number of piperidine rings is 2. The van der Waals surface area contributed by atoms with E-state index in [4.69, 9.17) is 0 Å². The van der Waals surface area contributed by atoms with Crippen LogP contribution < -0.4 is 10.6 Å². The van der Waals surface area contributed by atoms with Gasteiger partial charge in [0.1, 0.15) is 18.3 Å². The molecule has 9 nitrogen and oxygen atoms in total. The summed E-state index contributed by atoms with van der Waals surface area (Å²) in [6.45, 7) is 3.15. The van der Waals surface area contributed by atoms with Gasteiger partial charge in [0.15, 0.2) is 11.6 Å². The largest absolute Gasteiger partial charge is 0.380 e. The number of aliphatic hydroxyl groups is 2. The van der Waals surface area contributed by atoms with E-state index in [1.54, 1.807) is 18.2 Å². The van der Waals surface area contributed by atoms with Crippen molar-refractivity contribution in [3.63, 3.8) is 0 Å². The summed E-state index contributed by atoms with van der Waals surface area (Å²) in [6.07, 6.45) is 2.89. The lowest BCUT2D eigenvalue weighted by atomic mass is 9.75. The molecule has 4 unspecified atom stereocenters. The molecule has 2 aromatic carbocycles. The van der Waals surface area contributed by atoms with E-state index in [9.17, 15) is 24.6 Å². The van der Waals surface area contributed by atoms with Gasteiger partial charge in [-0.25, -0.2) is 4.39 Å². The number of amides is 1. The van der Waals surface area contributed by atoms with Gasteiger partial charge in [-0.3, -0.25) is 24.6 Å². The molecule has 3 fully saturated rings. The van der Waals surface area contributed by atoms with Gasteiger partial charge in [0.25, 0.3) is 0 Å². The van der Waals surface area contributed by atoms with Crippen LogP contribution >= 0.6 is 0 Å². The quantitative estimate of drug-likeness (QED) is 0.393. The SMILES string of the molecule is CN1CCC2(CCN(Cc3ccc(CNc4cccc5c4C(=O)CCC(C4CCC(O)NC4O)CC5=O)cc3F)CC2)C1=O. The number of anilines is 1. The molecule has 10 heteroatoms. The molecule has 0 radical (unpaired) electrons. The topological polar surface area (TPSA) is 122 Å². The molecule has 1 amide bonds. The number of nitrogens with one attached hydrogen (secondary N) is 2. The monoisotopic (exact) mass is 606 g/mol. The van der Waals surface area contributed by atoms with E-state index < -0.39 is 12.5 Å². The van der Waals surface area contributed by atoms with Gasteiger partial charge in [0.05, 0.1) is 11.0 Å². The lowest BCUT2D eigenvalue weighted by molar-refractivity contribution is -0.137. The molecule has 3 aliphatic heterocycles. The number of hydrogen-bond acceptors (Lipinski definition) is 8. The number of ketones is 2. The molecule has 0 bridgehead atoms. The van der Waals surface area contributed by atoms with E-state index in [-0.39, 0.29) is 53.4 Å². The van der Waals surface area contributed by atoms with E-state index in [1.165, 1.54) is 6.07 Å². The standard InChI is InChI=1S/C34H43FN4O5/c1-38-14-11-34(33(38)44)12-15-39(16-13-34)20-23-6-5-21(17-26(23)35)19-36-27-4-2-3-25-29(41)18-22(7-9-28(40)31(25)27)24-8-10-30(42)37-32(24)43/h2-6,17,22,24,30,32,36-37,42-43H,7-16,18-20H2,1H3. The molecular formula is C34H43FN4O5. The zero-order valence-corrected chi connectivity index (χ0v) is 25.4. The van der Waals surface area contributed by atoms with Crippen LogP contribution in [0.1, 0.15) is 83.2 Å². The molecule has 6 rings (SSSR count). The van der Waals surface area contributed by atoms with Crippen molar-refractivity contribution in [2.45, 2.75) is 76.9 Å². The van der Waals surface area contributed by atoms with Crippen LogP contribution in [-0.2, 0) is 17.9 Å². The van der Waals surface area contributed by atoms with Crippen LogP contribution in [0.4, 0.5) is 10.1 Å². The molecular weight excluding hydrogens is 563 g/mol. The van der Waals surface area contributed by atoms with Gasteiger partial charge in [0.2, 0.25) is 5.91 Å². The fourth-order valence-corrected chi connectivity index (χ4v) is 7.76. The number of halogens is 1. The Hall–Kier alpha value is -3.18. The third-order valence-corrected chi connectivity index (χ3v) is 10.5. The Balaban J connectivity index is 1.09. The Kier molecular flexibility index (Phi) is 8.88. The highest BCUT2D eigenvalue weighted by Crippen LogP contribution is 2.41. The number of benzene rings is 2. The van der Waals surface area contributed by atoms with E-state index in [0.29, 0.717) is 54.7 Å². The first kappa shape index (κ1) is 30.8. The number of carbonyl (C=O) groups is 3. The molecule has 1 spiro atoms. The van der Waals surface area contributed by atoms with Crippen molar-refractivity contribution < 1.29 is 29.0 Å². The summed E-state index contributed by atoms with van der Waals surface area (Å²) in [5.41, 5.74) is 2.42. The summed E-state index contributed by atoms with van der Waals surface area (Å²) in [4.78, 5) is 43.5. The number of likely N-dealkylation sites (tertiary alicyclic amines) is 2. The lowest BCUT2D eigenvalue weighted by Gasteiger charge is -2.37. The number of fused-ring (bicyclic) bond motifs is 1. The van der Waals surface area contributed by atoms with Gasteiger partial charge in [0, 0.05) is 62.3 Å². The molecule has 3 saturated heterocycles. The van der Waals surface area contributed by atoms with Gasteiger partial charge in [-0.2, -0.15) is 0 Å². The van der Waals surface area contributed by atoms with Gasteiger partial charge in [-0.15, -0.1) is 0 Å². The van der Waals surface area contributed by atoms with Crippen molar-refractivity contribution in [1.29, 1.82) is 0 Å². The molecule has 4 N–H and O–H groups in total. The number of rotatable bonds is 6. The third-order valence-electron chi connectivity index (χ3n) is 10.5. The first-order valence-electron chi connectivity index (χ1n) is 15.9. The van der Waals surface area contributed by atoms with Gasteiger partial charge < -0.3 is 20.4 Å². The molecule has 2 aromatic rings. The average Bonchev–Trinajstić information content (AvgIpc) is 3.28. The highest BCUT2D eigenvalue weighted by atomic mass is 19.1. The summed E-state index contributed by atoms with van der Waals surface area (Å²) in [5, 5.41) is 26.3. The maximum atomic E-state index is 15.2. The average molecular weight is 607 g/mol. The predicted octanol–water partition coefficient (Wildman–Crippen LogP) is 3.68. The van der Waals surface area contributed by atoms with Crippen molar-refractivity contribution in [3.05, 3.63) is 64.5 Å². The van der Waals surface area contributed by atoms with Crippen LogP contribution in [0.25, 0.3) is 0 Å². The Bertz CT molecular complexity index is 1420. The van der Waals surface area contributed by atoms with Crippen molar-refractivity contribution in [2.24, 2.45) is 17.3 Å². The Morgan fingerprint density at radius 2 is 1.77 bits per heavy atom. The molecule has 3 heterocycles. The van der Waals surface area contributed by atoms with Crippen LogP contribution in [0.5, 0.6) is 0 Å². The highest BCUT2D eigenvalue weighted by molar-refractivity contribution is 6.12. The number of nitrogens with zero attached hydrogens (tertiary/aromatic N) is 2. The molecule has 4 aliphatic rings. The fourth-order valence-electron chi connectivity index (χ4n) is 7.76. The van der Waals surface area contributed by atoms with Crippen molar-refractivity contribution in [3.8, 4) is 0 Å². The van der Waals surface area contributed by atoms with Crippen molar-refractivity contribution >= 4 is 23.2 Å². The third kappa shape index (κ3) is 6.18. The maximum Gasteiger partial charge on any atom is 0.228 e. The van der Waals surface area contributed by atoms with E-state index in [2.05, 4.69) is 15.5 Å². The highest BCUT2D eigenvalue weighted by Gasteiger charge is 2.46. The molecule has 236 valence electrons. The zero-order valence-electron chi connectivity index (χ0n) is 25.4. The normalized spacial score (nSPS) is 27.7. The molecule has 0 saturated carbocycles. The summed E-state index contributed by atoms with van der Waals surface area (Å²) in [6, 6.07) is 10.4. The van der Waals surface area contributed by atoms with Crippen LogP contribution in [0.3, 0.4) is 0 Å². The predicted molar refractivity (Wildman–Crippen MR) is 163 cm³/mol. The van der Waals surface area contributed by atoms with E-state index in [0.717, 1.165) is 44.5 Å². The number of carbonyl (C=O) groups excluding carboxylic acids is 3. The second-order valence-electron chi connectivity index (χ2n) is 13.3. The molecule has 4 atom stereocenters. The summed E-state index contributed by atoms with van der Waals surface area (Å²) < 4.78 is 15.2. The minimum absolute atomic E-state index is 0.129. The number of hydrogen-bond donors (Lipinski definition) is 4. The minimum atomic E-state index is -0.915. The molecule has 1 aliphatic carbocycles. The minimum Gasteiger partial charge on any atom is -0.380 e. The van der Waals surface area contributed by atoms with E-state index in [1.807, 2.05) is 24.1 Å². The molecule has 44 heavy (non-hydrogen) atoms. The fraction of sp³-hybridized carbons (Fsp3) is 0.559. The summed E-state index contributed by atoms with van der Waals surface area (Å²) in [5.74, 6) is -0.668. The first-order chi connectivity index (χ1) is 21.1. The second kappa shape index (κ2) is 12.7. The number of Topliss-reactive ketones (excluding diaryl/α,β-unsaturated/α-hetero) is 2. The van der Waals surface area contributed by atoms with Gasteiger partial charge in [-0.1, -0.05) is 24.3 Å². The Morgan fingerprint density at radius 1 is 1.00 bits per heavy atom. The summed E-state index contributed by atoms with van der Waals surface area (Å²) >= 11 is 0.